The Kier molecular flexibility index (Phi) is 8.20. The molecule has 2 atom stereocenters. The van der Waals surface area contributed by atoms with Crippen molar-refractivity contribution >= 4 is 12.1 Å². The quantitative estimate of drug-likeness (QED) is 0.585. The van der Waals surface area contributed by atoms with Gasteiger partial charge in [-0.2, -0.15) is 0 Å². The first-order valence-corrected chi connectivity index (χ1v) is 10.2. The molecule has 2 unspecified atom stereocenters. The Bertz CT molecular complexity index is 504. The highest BCUT2D eigenvalue weighted by Crippen LogP contribution is 2.22. The highest BCUT2D eigenvalue weighted by atomic mass is 16.6. The fourth-order valence-electron chi connectivity index (χ4n) is 3.91. The highest BCUT2D eigenvalue weighted by molar-refractivity contribution is 5.80. The van der Waals surface area contributed by atoms with Crippen molar-refractivity contribution in [2.75, 3.05) is 53.5 Å². The average Bonchev–Trinajstić information content (AvgIpc) is 3.06. The van der Waals surface area contributed by atoms with Gasteiger partial charge in [0.1, 0.15) is 5.60 Å². The zero-order valence-corrected chi connectivity index (χ0v) is 17.8. The standard InChI is InChI=1S/C20H38N4O3/c1-20(2,3)27-19(25)24-11-6-7-16(13-24)8-10-22-18(21-4)23-12-9-17(14-23)15-26-5/h16-17H,6-15H2,1-5H3,(H,21,22). The van der Waals surface area contributed by atoms with Crippen molar-refractivity contribution in [3.05, 3.63) is 0 Å². The SMILES string of the molecule is CN=C(NCCC1CCCN(C(=O)OC(C)(C)C)C1)N1CCC(COC)C1. The summed E-state index contributed by atoms with van der Waals surface area (Å²) in [7, 11) is 3.61. The third-order valence-corrected chi connectivity index (χ3v) is 5.21. The van der Waals surface area contributed by atoms with Crippen LogP contribution in [0.5, 0.6) is 0 Å². The molecule has 7 nitrogen and oxygen atoms in total. The number of nitrogens with zero attached hydrogens (tertiary/aromatic N) is 3. The Morgan fingerprint density at radius 2 is 1.89 bits per heavy atom. The molecule has 0 bridgehead atoms. The van der Waals surface area contributed by atoms with E-state index in [1.54, 1.807) is 7.11 Å². The minimum atomic E-state index is -0.436. The van der Waals surface area contributed by atoms with Gasteiger partial charge in [-0.05, 0) is 52.4 Å². The van der Waals surface area contributed by atoms with Gasteiger partial charge >= 0.3 is 6.09 Å². The molecular formula is C20H38N4O3. The Labute approximate surface area is 164 Å². The number of hydrogen-bond acceptors (Lipinski definition) is 4. The summed E-state index contributed by atoms with van der Waals surface area (Å²) in [6.07, 6.45) is 4.22. The fourth-order valence-corrected chi connectivity index (χ4v) is 3.91. The maximum absolute atomic E-state index is 12.3. The summed E-state index contributed by atoms with van der Waals surface area (Å²) < 4.78 is 10.8. The van der Waals surface area contributed by atoms with Crippen LogP contribution in [0.2, 0.25) is 0 Å². The predicted octanol–water partition coefficient (Wildman–Crippen LogP) is 2.57. The summed E-state index contributed by atoms with van der Waals surface area (Å²) in [5, 5.41) is 3.50. The molecule has 2 fully saturated rings. The molecule has 0 aromatic rings. The lowest BCUT2D eigenvalue weighted by Gasteiger charge is -2.34. The zero-order valence-electron chi connectivity index (χ0n) is 17.8. The van der Waals surface area contributed by atoms with E-state index in [-0.39, 0.29) is 6.09 Å². The van der Waals surface area contributed by atoms with Crippen LogP contribution in [0.4, 0.5) is 4.79 Å². The Balaban J connectivity index is 1.73. The van der Waals surface area contributed by atoms with Crippen molar-refractivity contribution in [3.63, 3.8) is 0 Å². The molecule has 2 heterocycles. The maximum Gasteiger partial charge on any atom is 0.410 e. The molecule has 0 spiro atoms. The predicted molar refractivity (Wildman–Crippen MR) is 108 cm³/mol. The molecule has 2 rings (SSSR count). The number of methoxy groups -OCH3 is 1. The van der Waals surface area contributed by atoms with E-state index in [1.807, 2.05) is 32.7 Å². The van der Waals surface area contributed by atoms with Crippen LogP contribution in [0.3, 0.4) is 0 Å². The monoisotopic (exact) mass is 382 g/mol. The minimum absolute atomic E-state index is 0.183. The third-order valence-electron chi connectivity index (χ3n) is 5.21. The van der Waals surface area contributed by atoms with E-state index in [9.17, 15) is 4.79 Å². The summed E-state index contributed by atoms with van der Waals surface area (Å²) in [5.41, 5.74) is -0.436. The summed E-state index contributed by atoms with van der Waals surface area (Å²) in [5.74, 6) is 2.08. The minimum Gasteiger partial charge on any atom is -0.444 e. The fraction of sp³-hybridized carbons (Fsp3) is 0.900. The topological polar surface area (TPSA) is 66.4 Å². The Morgan fingerprint density at radius 3 is 2.56 bits per heavy atom. The van der Waals surface area contributed by atoms with Gasteiger partial charge in [-0.1, -0.05) is 0 Å². The van der Waals surface area contributed by atoms with Crippen molar-refractivity contribution in [1.29, 1.82) is 0 Å². The number of aliphatic imine (C=N–C) groups is 1. The summed E-state index contributed by atoms with van der Waals surface area (Å²) in [6.45, 7) is 11.1. The van der Waals surface area contributed by atoms with Gasteiger partial charge in [0.05, 0.1) is 6.61 Å². The molecular weight excluding hydrogens is 344 g/mol. The van der Waals surface area contributed by atoms with Crippen LogP contribution in [0.15, 0.2) is 4.99 Å². The van der Waals surface area contributed by atoms with Crippen molar-refractivity contribution in [1.82, 2.24) is 15.1 Å². The van der Waals surface area contributed by atoms with Gasteiger partial charge < -0.3 is 24.6 Å². The van der Waals surface area contributed by atoms with Crippen LogP contribution < -0.4 is 5.32 Å². The second kappa shape index (κ2) is 10.2. The maximum atomic E-state index is 12.3. The zero-order chi connectivity index (χ0) is 19.9. The van der Waals surface area contributed by atoms with Gasteiger partial charge in [0, 0.05) is 52.8 Å². The van der Waals surface area contributed by atoms with E-state index < -0.39 is 5.60 Å². The largest absolute Gasteiger partial charge is 0.444 e. The number of likely N-dealkylation sites (tertiary alicyclic amines) is 2. The second-order valence-corrected chi connectivity index (χ2v) is 8.75. The molecule has 1 amide bonds. The first-order chi connectivity index (χ1) is 12.8. The highest BCUT2D eigenvalue weighted by Gasteiger charge is 2.28. The van der Waals surface area contributed by atoms with E-state index >= 15 is 0 Å². The number of ether oxygens (including phenoxy) is 2. The lowest BCUT2D eigenvalue weighted by molar-refractivity contribution is 0.0162. The average molecular weight is 383 g/mol. The molecule has 2 aliphatic rings. The molecule has 0 aromatic carbocycles. The van der Waals surface area contributed by atoms with Crippen molar-refractivity contribution < 1.29 is 14.3 Å². The number of nitrogens with one attached hydrogen (secondary N) is 1. The molecule has 0 saturated carbocycles. The molecule has 27 heavy (non-hydrogen) atoms. The van der Waals surface area contributed by atoms with Crippen LogP contribution >= 0.6 is 0 Å². The number of carbonyl (C=O) groups is 1. The first kappa shape index (κ1) is 21.8. The van der Waals surface area contributed by atoms with Gasteiger partial charge in [0.2, 0.25) is 0 Å². The summed E-state index contributed by atoms with van der Waals surface area (Å²) in [6, 6.07) is 0. The van der Waals surface area contributed by atoms with Crippen LogP contribution in [-0.4, -0.2) is 80.9 Å². The van der Waals surface area contributed by atoms with Gasteiger partial charge in [0.15, 0.2) is 5.96 Å². The second-order valence-electron chi connectivity index (χ2n) is 8.75. The number of guanidine groups is 1. The molecule has 156 valence electrons. The first-order valence-electron chi connectivity index (χ1n) is 10.2. The van der Waals surface area contributed by atoms with Gasteiger partial charge in [-0.3, -0.25) is 4.99 Å². The van der Waals surface area contributed by atoms with Gasteiger partial charge in [0.25, 0.3) is 0 Å². The van der Waals surface area contributed by atoms with Crippen LogP contribution in [0.25, 0.3) is 0 Å². The van der Waals surface area contributed by atoms with E-state index in [0.29, 0.717) is 11.8 Å². The molecule has 0 aromatic heterocycles. The molecule has 2 saturated heterocycles. The lowest BCUT2D eigenvalue weighted by atomic mass is 9.95. The van der Waals surface area contributed by atoms with Crippen LogP contribution in [0.1, 0.15) is 46.5 Å². The van der Waals surface area contributed by atoms with E-state index in [2.05, 4.69) is 15.2 Å². The molecule has 0 aliphatic carbocycles. The van der Waals surface area contributed by atoms with Crippen LogP contribution in [-0.2, 0) is 9.47 Å². The summed E-state index contributed by atoms with van der Waals surface area (Å²) >= 11 is 0. The van der Waals surface area contributed by atoms with E-state index in [1.165, 1.54) is 6.42 Å². The molecule has 7 heteroatoms. The van der Waals surface area contributed by atoms with Gasteiger partial charge in [-0.15, -0.1) is 0 Å². The van der Waals surface area contributed by atoms with E-state index in [4.69, 9.17) is 9.47 Å². The smallest absolute Gasteiger partial charge is 0.410 e. The number of amides is 1. The third kappa shape index (κ3) is 7.20. The van der Waals surface area contributed by atoms with E-state index in [0.717, 1.165) is 64.6 Å². The van der Waals surface area contributed by atoms with Crippen LogP contribution in [0, 0.1) is 11.8 Å². The summed E-state index contributed by atoms with van der Waals surface area (Å²) in [4.78, 5) is 20.9. The number of piperidine rings is 1. The van der Waals surface area contributed by atoms with Crippen molar-refractivity contribution in [2.45, 2.75) is 52.1 Å². The normalized spacial score (nSPS) is 24.3. The number of rotatable bonds is 5. The number of carbonyl (C=O) groups excluding carboxylic acids is 1. The van der Waals surface area contributed by atoms with Crippen molar-refractivity contribution in [2.24, 2.45) is 16.8 Å². The number of hydrogen-bond donors (Lipinski definition) is 1. The molecule has 2 aliphatic heterocycles. The Hall–Kier alpha value is -1.50. The molecule has 1 N–H and O–H groups in total. The Morgan fingerprint density at radius 1 is 1.15 bits per heavy atom. The lowest BCUT2D eigenvalue weighted by Crippen LogP contribution is -2.44. The van der Waals surface area contributed by atoms with Gasteiger partial charge in [-0.25, -0.2) is 4.79 Å². The van der Waals surface area contributed by atoms with Crippen molar-refractivity contribution in [3.8, 4) is 0 Å². The molecule has 0 radical (unpaired) electrons.